The number of carbonyl (C=O) groups excluding carboxylic acids is 2. The van der Waals surface area contributed by atoms with Crippen LogP contribution in [0.5, 0.6) is 5.75 Å². The van der Waals surface area contributed by atoms with Crippen molar-refractivity contribution in [2.24, 2.45) is 0 Å². The first-order valence-corrected chi connectivity index (χ1v) is 6.17. The molecule has 1 amide bonds. The quantitative estimate of drug-likeness (QED) is 0.465. The van der Waals surface area contributed by atoms with Crippen LogP contribution in [-0.4, -0.2) is 29.8 Å². The Labute approximate surface area is 116 Å². The third-order valence-corrected chi connectivity index (χ3v) is 2.55. The number of hydrogen-bond acceptors (Lipinski definition) is 5. The van der Waals surface area contributed by atoms with Gasteiger partial charge in [-0.2, -0.15) is 0 Å². The molecule has 0 heterocycles. The van der Waals surface area contributed by atoms with E-state index in [2.05, 4.69) is 5.32 Å². The van der Waals surface area contributed by atoms with Crippen molar-refractivity contribution in [2.45, 2.75) is 26.4 Å². The average molecular weight is 280 g/mol. The molecule has 20 heavy (non-hydrogen) atoms. The normalized spacial score (nSPS) is 11.5. The van der Waals surface area contributed by atoms with Gasteiger partial charge in [-0.3, -0.25) is 19.7 Å². The second kappa shape index (κ2) is 7.22. The first-order chi connectivity index (χ1) is 9.49. The maximum atomic E-state index is 11.6. The number of nitro groups is 1. The van der Waals surface area contributed by atoms with E-state index < -0.39 is 11.0 Å². The van der Waals surface area contributed by atoms with E-state index in [1.54, 1.807) is 6.92 Å². The molecule has 0 aliphatic rings. The average Bonchev–Trinajstić information content (AvgIpc) is 2.44. The maximum absolute atomic E-state index is 11.6. The van der Waals surface area contributed by atoms with Gasteiger partial charge in [0.2, 0.25) is 0 Å². The van der Waals surface area contributed by atoms with E-state index in [1.165, 1.54) is 12.1 Å². The van der Waals surface area contributed by atoms with Crippen molar-refractivity contribution < 1.29 is 19.2 Å². The number of nitrogens with one attached hydrogen (secondary N) is 1. The lowest BCUT2D eigenvalue weighted by Crippen LogP contribution is -2.36. The zero-order valence-corrected chi connectivity index (χ0v) is 11.3. The number of hydrogen-bond donors (Lipinski definition) is 1. The van der Waals surface area contributed by atoms with E-state index in [9.17, 15) is 19.7 Å². The minimum Gasteiger partial charge on any atom is -0.480 e. The van der Waals surface area contributed by atoms with E-state index in [0.717, 1.165) is 12.5 Å². The first kappa shape index (κ1) is 15.6. The maximum Gasteiger partial charge on any atom is 0.270 e. The predicted octanol–water partition coefficient (Wildman–Crippen LogP) is 1.70. The summed E-state index contributed by atoms with van der Waals surface area (Å²) in [6.45, 7) is 4.00. The lowest BCUT2D eigenvalue weighted by Gasteiger charge is -2.15. The van der Waals surface area contributed by atoms with E-state index in [4.69, 9.17) is 4.74 Å². The van der Waals surface area contributed by atoms with Gasteiger partial charge in [-0.15, -0.1) is 0 Å². The molecule has 0 saturated carbocycles. The van der Waals surface area contributed by atoms with E-state index in [1.807, 2.05) is 6.92 Å². The van der Waals surface area contributed by atoms with Gasteiger partial charge in [0.15, 0.2) is 12.4 Å². The molecule has 0 unspecified atom stereocenters. The number of aldehydes is 1. The molecule has 1 aromatic carbocycles. The van der Waals surface area contributed by atoms with Crippen molar-refractivity contribution in [1.82, 2.24) is 5.32 Å². The number of ether oxygens (including phenoxy) is 1. The third kappa shape index (κ3) is 4.04. The van der Waals surface area contributed by atoms with Crippen molar-refractivity contribution in [3.05, 3.63) is 33.9 Å². The Morgan fingerprint density at radius 3 is 2.80 bits per heavy atom. The minimum atomic E-state index is -0.790. The zero-order chi connectivity index (χ0) is 15.1. The molecule has 108 valence electrons. The number of nitro benzene ring substituents is 1. The molecule has 0 bridgehead atoms. The Kier molecular flexibility index (Phi) is 5.64. The monoisotopic (exact) mass is 280 g/mol. The Morgan fingerprint density at radius 2 is 2.25 bits per heavy atom. The fourth-order valence-corrected chi connectivity index (χ4v) is 1.48. The van der Waals surface area contributed by atoms with Gasteiger partial charge in [0.1, 0.15) is 5.75 Å². The molecule has 0 fully saturated rings. The van der Waals surface area contributed by atoms with Gasteiger partial charge in [-0.25, -0.2) is 0 Å². The highest BCUT2D eigenvalue weighted by Gasteiger charge is 2.17. The Morgan fingerprint density at radius 1 is 1.55 bits per heavy atom. The number of amides is 1. The van der Waals surface area contributed by atoms with Gasteiger partial charge in [-0.05, 0) is 19.4 Å². The van der Waals surface area contributed by atoms with Crippen LogP contribution >= 0.6 is 0 Å². The molecule has 7 nitrogen and oxygen atoms in total. The number of carbonyl (C=O) groups is 2. The van der Waals surface area contributed by atoms with Crippen molar-refractivity contribution in [3.63, 3.8) is 0 Å². The minimum absolute atomic E-state index is 0.0364. The van der Waals surface area contributed by atoms with Gasteiger partial charge < -0.3 is 10.1 Å². The summed E-state index contributed by atoms with van der Waals surface area (Å²) in [5.41, 5.74) is -0.170. The molecule has 0 saturated heterocycles. The summed E-state index contributed by atoms with van der Waals surface area (Å²) in [4.78, 5) is 32.6. The molecule has 7 heteroatoms. The SMILES string of the molecule is CCCNC(=O)[C@H](C)Oc1ccc([N+](=O)[O-])cc1C=O. The van der Waals surface area contributed by atoms with Gasteiger partial charge in [-0.1, -0.05) is 6.92 Å². The smallest absolute Gasteiger partial charge is 0.270 e. The Bertz CT molecular complexity index is 515. The summed E-state index contributed by atoms with van der Waals surface area (Å²) >= 11 is 0. The van der Waals surface area contributed by atoms with E-state index >= 15 is 0 Å². The molecule has 1 rings (SSSR count). The number of nitrogens with zero attached hydrogens (tertiary/aromatic N) is 1. The van der Waals surface area contributed by atoms with Crippen LogP contribution in [0.15, 0.2) is 18.2 Å². The predicted molar refractivity (Wildman–Crippen MR) is 71.9 cm³/mol. The Hall–Kier alpha value is -2.44. The van der Waals surface area contributed by atoms with Crippen molar-refractivity contribution >= 4 is 17.9 Å². The molecule has 0 aromatic heterocycles. The van der Waals surface area contributed by atoms with E-state index in [0.29, 0.717) is 12.8 Å². The first-order valence-electron chi connectivity index (χ1n) is 6.17. The molecule has 1 aromatic rings. The highest BCUT2D eigenvalue weighted by atomic mass is 16.6. The van der Waals surface area contributed by atoms with Crippen molar-refractivity contribution in [3.8, 4) is 5.75 Å². The van der Waals surface area contributed by atoms with Crippen LogP contribution in [0.25, 0.3) is 0 Å². The van der Waals surface area contributed by atoms with Gasteiger partial charge in [0, 0.05) is 18.7 Å². The fourth-order valence-electron chi connectivity index (χ4n) is 1.48. The molecule has 0 spiro atoms. The van der Waals surface area contributed by atoms with Crippen LogP contribution in [0.2, 0.25) is 0 Å². The van der Waals surface area contributed by atoms with Crippen molar-refractivity contribution in [1.29, 1.82) is 0 Å². The van der Waals surface area contributed by atoms with Crippen LogP contribution < -0.4 is 10.1 Å². The molecule has 0 aliphatic carbocycles. The van der Waals surface area contributed by atoms with Crippen LogP contribution in [-0.2, 0) is 4.79 Å². The van der Waals surface area contributed by atoms with Crippen LogP contribution in [0.3, 0.4) is 0 Å². The summed E-state index contributed by atoms with van der Waals surface area (Å²) < 4.78 is 5.36. The van der Waals surface area contributed by atoms with Gasteiger partial charge in [0.25, 0.3) is 11.6 Å². The summed E-state index contributed by atoms with van der Waals surface area (Å²) in [5.74, 6) is -0.160. The highest BCUT2D eigenvalue weighted by molar-refractivity contribution is 5.83. The topological polar surface area (TPSA) is 98.5 Å². The number of benzene rings is 1. The third-order valence-electron chi connectivity index (χ3n) is 2.55. The van der Waals surface area contributed by atoms with Crippen molar-refractivity contribution in [2.75, 3.05) is 6.54 Å². The summed E-state index contributed by atoms with van der Waals surface area (Å²) in [7, 11) is 0. The standard InChI is InChI=1S/C13H16N2O5/c1-3-6-14-13(17)9(2)20-12-5-4-11(15(18)19)7-10(12)8-16/h4-5,7-9H,3,6H2,1-2H3,(H,14,17)/t9-/m0/s1. The summed E-state index contributed by atoms with van der Waals surface area (Å²) in [6, 6.07) is 3.64. The molecular formula is C13H16N2O5. The molecular weight excluding hydrogens is 264 g/mol. The van der Waals surface area contributed by atoms with Gasteiger partial charge in [0.05, 0.1) is 10.5 Å². The second-order valence-corrected chi connectivity index (χ2v) is 4.15. The molecule has 0 aliphatic heterocycles. The number of non-ortho nitro benzene ring substituents is 1. The molecule has 1 atom stereocenters. The lowest BCUT2D eigenvalue weighted by atomic mass is 10.2. The molecule has 1 N–H and O–H groups in total. The summed E-state index contributed by atoms with van der Waals surface area (Å²) in [6.07, 6.45) is 0.468. The van der Waals surface area contributed by atoms with Crippen LogP contribution in [0.4, 0.5) is 5.69 Å². The second-order valence-electron chi connectivity index (χ2n) is 4.15. The number of rotatable bonds is 7. The van der Waals surface area contributed by atoms with Gasteiger partial charge >= 0.3 is 0 Å². The van der Waals surface area contributed by atoms with E-state index in [-0.39, 0.29) is 22.9 Å². The Balaban J connectivity index is 2.84. The highest BCUT2D eigenvalue weighted by Crippen LogP contribution is 2.23. The lowest BCUT2D eigenvalue weighted by molar-refractivity contribution is -0.384. The van der Waals surface area contributed by atoms with Crippen LogP contribution in [0, 0.1) is 10.1 Å². The largest absolute Gasteiger partial charge is 0.480 e. The van der Waals surface area contributed by atoms with Crippen LogP contribution in [0.1, 0.15) is 30.6 Å². The summed E-state index contributed by atoms with van der Waals surface area (Å²) in [5, 5.41) is 13.3. The fraction of sp³-hybridized carbons (Fsp3) is 0.385. The zero-order valence-electron chi connectivity index (χ0n) is 11.3. The molecule has 0 radical (unpaired) electrons.